The molecule has 2 aliphatic carbocycles. The van der Waals surface area contributed by atoms with E-state index < -0.39 is 5.97 Å². The van der Waals surface area contributed by atoms with Crippen LogP contribution in [0.15, 0.2) is 0 Å². The first-order valence-corrected chi connectivity index (χ1v) is 5.36. The third-order valence-corrected chi connectivity index (χ3v) is 4.57. The SMILES string of the molecule is CC1(C)[C@@H]2CC[C@](CN)(CC(=O)O)[C@H]21. The number of fused-ring (bicyclic) bond motifs is 1. The van der Waals surface area contributed by atoms with E-state index in [1.165, 1.54) is 6.42 Å². The number of hydrogen-bond acceptors (Lipinski definition) is 2. The number of aliphatic carboxylic acids is 1. The lowest BCUT2D eigenvalue weighted by atomic mass is 9.75. The van der Waals surface area contributed by atoms with Gasteiger partial charge in [-0.25, -0.2) is 0 Å². The Morgan fingerprint density at radius 1 is 1.57 bits per heavy atom. The Morgan fingerprint density at radius 3 is 2.57 bits per heavy atom. The maximum Gasteiger partial charge on any atom is 0.303 e. The van der Waals surface area contributed by atoms with Gasteiger partial charge in [-0.15, -0.1) is 0 Å². The number of carboxylic acid groups (broad SMARTS) is 1. The molecule has 0 aromatic rings. The summed E-state index contributed by atoms with van der Waals surface area (Å²) in [5.74, 6) is 0.584. The molecular formula is C11H19NO2. The molecule has 2 fully saturated rings. The van der Waals surface area contributed by atoms with Gasteiger partial charge in [0, 0.05) is 0 Å². The standard InChI is InChI=1S/C11H19NO2/c1-10(2)7-3-4-11(6-12,9(7)10)5-8(13)14/h7,9H,3-6,12H2,1-2H3,(H,13,14)/t7-,9-,11-/m1/s1. The Hall–Kier alpha value is -0.570. The Labute approximate surface area is 84.7 Å². The van der Waals surface area contributed by atoms with Crippen LogP contribution in [0.1, 0.15) is 33.1 Å². The summed E-state index contributed by atoms with van der Waals surface area (Å²) in [6.45, 7) is 5.02. The fourth-order valence-electron chi connectivity index (χ4n) is 3.90. The van der Waals surface area contributed by atoms with Crippen LogP contribution < -0.4 is 5.73 Å². The van der Waals surface area contributed by atoms with Crippen molar-refractivity contribution in [3.63, 3.8) is 0 Å². The van der Waals surface area contributed by atoms with Crippen molar-refractivity contribution in [3.8, 4) is 0 Å². The summed E-state index contributed by atoms with van der Waals surface area (Å²) in [5.41, 5.74) is 6.04. The summed E-state index contributed by atoms with van der Waals surface area (Å²) in [6.07, 6.45) is 2.44. The van der Waals surface area contributed by atoms with E-state index in [9.17, 15) is 4.79 Å². The largest absolute Gasteiger partial charge is 0.481 e. The molecule has 0 spiro atoms. The zero-order valence-corrected chi connectivity index (χ0v) is 8.92. The van der Waals surface area contributed by atoms with Crippen LogP contribution in [0.25, 0.3) is 0 Å². The van der Waals surface area contributed by atoms with Gasteiger partial charge in [0.25, 0.3) is 0 Å². The molecule has 2 aliphatic rings. The molecule has 3 heteroatoms. The van der Waals surface area contributed by atoms with Crippen LogP contribution in [0, 0.1) is 22.7 Å². The lowest BCUT2D eigenvalue weighted by molar-refractivity contribution is -0.140. The molecule has 0 bridgehead atoms. The van der Waals surface area contributed by atoms with Crippen molar-refractivity contribution in [1.29, 1.82) is 0 Å². The van der Waals surface area contributed by atoms with E-state index in [0.717, 1.165) is 12.3 Å². The van der Waals surface area contributed by atoms with Crippen molar-refractivity contribution in [3.05, 3.63) is 0 Å². The first kappa shape index (κ1) is 9.97. The van der Waals surface area contributed by atoms with Gasteiger partial charge in [0.05, 0.1) is 6.42 Å². The molecule has 0 radical (unpaired) electrons. The monoisotopic (exact) mass is 197 g/mol. The Morgan fingerprint density at radius 2 is 2.21 bits per heavy atom. The highest BCUT2D eigenvalue weighted by Crippen LogP contribution is 2.74. The molecule has 3 atom stereocenters. The molecule has 0 saturated heterocycles. The third-order valence-electron chi connectivity index (χ3n) is 4.57. The van der Waals surface area contributed by atoms with Crippen LogP contribution in [-0.2, 0) is 4.79 Å². The summed E-state index contributed by atoms with van der Waals surface area (Å²) in [6, 6.07) is 0. The van der Waals surface area contributed by atoms with Gasteiger partial charge in [-0.1, -0.05) is 13.8 Å². The predicted octanol–water partition coefficient (Wildman–Crippen LogP) is 1.47. The molecule has 0 aromatic carbocycles. The van der Waals surface area contributed by atoms with Crippen molar-refractivity contribution in [2.45, 2.75) is 33.1 Å². The molecule has 0 amide bonds. The molecule has 3 nitrogen and oxygen atoms in total. The average Bonchev–Trinajstić information content (AvgIpc) is 2.48. The van der Waals surface area contributed by atoms with Crippen LogP contribution in [-0.4, -0.2) is 17.6 Å². The zero-order valence-electron chi connectivity index (χ0n) is 8.92. The minimum absolute atomic E-state index is 0.0972. The highest BCUT2D eigenvalue weighted by Gasteiger charge is 2.69. The lowest BCUT2D eigenvalue weighted by Gasteiger charge is -2.31. The fourth-order valence-corrected chi connectivity index (χ4v) is 3.90. The van der Waals surface area contributed by atoms with Gasteiger partial charge in [-0.3, -0.25) is 4.79 Å². The van der Waals surface area contributed by atoms with Crippen LogP contribution >= 0.6 is 0 Å². The quantitative estimate of drug-likeness (QED) is 0.720. The van der Waals surface area contributed by atoms with Crippen LogP contribution in [0.5, 0.6) is 0 Å². The highest BCUT2D eigenvalue weighted by atomic mass is 16.4. The topological polar surface area (TPSA) is 63.3 Å². The lowest BCUT2D eigenvalue weighted by Crippen LogP contribution is -2.35. The van der Waals surface area contributed by atoms with Gasteiger partial charge in [-0.05, 0) is 42.1 Å². The number of hydrogen-bond donors (Lipinski definition) is 2. The summed E-state index contributed by atoms with van der Waals surface area (Å²) < 4.78 is 0. The van der Waals surface area contributed by atoms with Crippen molar-refractivity contribution >= 4 is 5.97 Å². The summed E-state index contributed by atoms with van der Waals surface area (Å²) in [5, 5.41) is 8.92. The van der Waals surface area contributed by atoms with E-state index in [2.05, 4.69) is 13.8 Å². The van der Waals surface area contributed by atoms with E-state index in [1.807, 2.05) is 0 Å². The molecule has 14 heavy (non-hydrogen) atoms. The maximum atomic E-state index is 10.8. The molecular weight excluding hydrogens is 178 g/mol. The van der Waals surface area contributed by atoms with Crippen LogP contribution in [0.2, 0.25) is 0 Å². The van der Waals surface area contributed by atoms with Crippen molar-refractivity contribution in [2.75, 3.05) is 6.54 Å². The highest BCUT2D eigenvalue weighted by molar-refractivity contribution is 5.68. The van der Waals surface area contributed by atoms with Crippen molar-refractivity contribution in [1.82, 2.24) is 0 Å². The minimum Gasteiger partial charge on any atom is -0.481 e. The summed E-state index contributed by atoms with van der Waals surface area (Å²) in [4.78, 5) is 10.8. The van der Waals surface area contributed by atoms with E-state index in [0.29, 0.717) is 17.9 Å². The van der Waals surface area contributed by atoms with Gasteiger partial charge in [-0.2, -0.15) is 0 Å². The molecule has 2 saturated carbocycles. The second kappa shape index (κ2) is 2.72. The maximum absolute atomic E-state index is 10.8. The average molecular weight is 197 g/mol. The normalized spacial score (nSPS) is 43.4. The molecule has 0 aromatic heterocycles. The Kier molecular flexibility index (Phi) is 1.94. The first-order valence-electron chi connectivity index (χ1n) is 5.36. The molecule has 2 rings (SSSR count). The number of nitrogens with two attached hydrogens (primary N) is 1. The fraction of sp³-hybridized carbons (Fsp3) is 0.909. The minimum atomic E-state index is -0.696. The van der Waals surface area contributed by atoms with Gasteiger partial charge in [0.2, 0.25) is 0 Å². The summed E-state index contributed by atoms with van der Waals surface area (Å²) >= 11 is 0. The van der Waals surface area contributed by atoms with Crippen molar-refractivity contribution < 1.29 is 9.90 Å². The van der Waals surface area contributed by atoms with Crippen molar-refractivity contribution in [2.24, 2.45) is 28.4 Å². The molecule has 3 N–H and O–H groups in total. The van der Waals surface area contributed by atoms with E-state index in [4.69, 9.17) is 10.8 Å². The zero-order chi connectivity index (χ0) is 10.6. The van der Waals surface area contributed by atoms with E-state index >= 15 is 0 Å². The van der Waals surface area contributed by atoms with Gasteiger partial charge < -0.3 is 10.8 Å². The molecule has 0 aliphatic heterocycles. The predicted molar refractivity (Wildman–Crippen MR) is 53.7 cm³/mol. The summed E-state index contributed by atoms with van der Waals surface area (Å²) in [7, 11) is 0. The second-order valence-electron chi connectivity index (χ2n) is 5.58. The Bertz CT molecular complexity index is 274. The first-order chi connectivity index (χ1) is 6.44. The Balaban J connectivity index is 2.18. The number of carboxylic acids is 1. The second-order valence-corrected chi connectivity index (χ2v) is 5.58. The van der Waals surface area contributed by atoms with Gasteiger partial charge in [0.1, 0.15) is 0 Å². The van der Waals surface area contributed by atoms with Gasteiger partial charge in [0.15, 0.2) is 0 Å². The van der Waals surface area contributed by atoms with Gasteiger partial charge >= 0.3 is 5.97 Å². The van der Waals surface area contributed by atoms with Crippen LogP contribution in [0.4, 0.5) is 0 Å². The van der Waals surface area contributed by atoms with E-state index in [-0.39, 0.29) is 11.8 Å². The molecule has 0 heterocycles. The van der Waals surface area contributed by atoms with Crippen LogP contribution in [0.3, 0.4) is 0 Å². The number of carbonyl (C=O) groups is 1. The number of rotatable bonds is 3. The van der Waals surface area contributed by atoms with E-state index in [1.54, 1.807) is 0 Å². The molecule has 0 unspecified atom stereocenters. The smallest absolute Gasteiger partial charge is 0.303 e. The third kappa shape index (κ3) is 1.11. The molecule has 80 valence electrons.